The minimum atomic E-state index is 0.0162. The number of rotatable bonds is 2. The largest absolute Gasteiger partial charge is 0.370 e. The number of hydrogen-bond donors (Lipinski definition) is 2. The zero-order valence-electron chi connectivity index (χ0n) is 9.64. The van der Waals surface area contributed by atoms with E-state index in [-0.39, 0.29) is 5.96 Å². The Kier molecular flexibility index (Phi) is 3.06. The quantitative estimate of drug-likeness (QED) is 0.624. The van der Waals surface area contributed by atoms with Crippen molar-refractivity contribution in [1.29, 1.82) is 0 Å². The van der Waals surface area contributed by atoms with Gasteiger partial charge in [0, 0.05) is 5.69 Å². The van der Waals surface area contributed by atoms with Crippen LogP contribution in [0.25, 0.3) is 10.6 Å². The van der Waals surface area contributed by atoms with Crippen molar-refractivity contribution in [2.75, 3.05) is 0 Å². The lowest BCUT2D eigenvalue weighted by Gasteiger charge is -1.98. The second-order valence-electron chi connectivity index (χ2n) is 3.61. The molecule has 0 aromatic carbocycles. The molecular weight excluding hydrogens is 234 g/mol. The first-order valence-electron chi connectivity index (χ1n) is 5.07. The summed E-state index contributed by atoms with van der Waals surface area (Å²) in [5.41, 5.74) is 13.4. The third-order valence-corrected chi connectivity index (χ3v) is 3.20. The number of nitrogens with zero attached hydrogens (tertiary/aromatic N) is 3. The standard InChI is InChI=1S/C11H13N5S/c1-6-4-3-5-8(14-6)9-7(2)15-11(17-9)16-10(12)13/h3-5H,1-2H3,(H4,12,13,15,16). The van der Waals surface area contributed by atoms with Crippen molar-refractivity contribution in [1.82, 2.24) is 9.97 Å². The monoisotopic (exact) mass is 247 g/mol. The molecule has 6 heteroatoms. The Morgan fingerprint density at radius 1 is 1.24 bits per heavy atom. The van der Waals surface area contributed by atoms with Gasteiger partial charge in [-0.25, -0.2) is 4.98 Å². The van der Waals surface area contributed by atoms with Crippen LogP contribution in [0.1, 0.15) is 11.4 Å². The lowest BCUT2D eigenvalue weighted by atomic mass is 10.2. The maximum Gasteiger partial charge on any atom is 0.213 e. The third-order valence-electron chi connectivity index (χ3n) is 2.13. The molecule has 0 aliphatic heterocycles. The minimum absolute atomic E-state index is 0.0162. The summed E-state index contributed by atoms with van der Waals surface area (Å²) in [6.07, 6.45) is 0. The predicted octanol–water partition coefficient (Wildman–Crippen LogP) is 1.73. The Balaban J connectivity index is 2.46. The normalized spacial score (nSPS) is 10.2. The van der Waals surface area contributed by atoms with Crippen LogP contribution in [0, 0.1) is 13.8 Å². The maximum absolute atomic E-state index is 5.33. The van der Waals surface area contributed by atoms with E-state index in [2.05, 4.69) is 15.0 Å². The summed E-state index contributed by atoms with van der Waals surface area (Å²) in [4.78, 5) is 13.7. The summed E-state index contributed by atoms with van der Waals surface area (Å²) < 4.78 is 0. The Morgan fingerprint density at radius 2 is 2.00 bits per heavy atom. The molecule has 0 radical (unpaired) electrons. The maximum atomic E-state index is 5.33. The van der Waals surface area contributed by atoms with Gasteiger partial charge >= 0.3 is 0 Å². The summed E-state index contributed by atoms with van der Waals surface area (Å²) in [5.74, 6) is 0.0162. The van der Waals surface area contributed by atoms with Crippen LogP contribution in [0.4, 0.5) is 5.13 Å². The molecule has 2 heterocycles. The number of hydrogen-bond acceptors (Lipinski definition) is 4. The zero-order valence-corrected chi connectivity index (χ0v) is 10.5. The van der Waals surface area contributed by atoms with Crippen molar-refractivity contribution in [3.8, 4) is 10.6 Å². The number of guanidine groups is 1. The Labute approximate surface area is 103 Å². The molecule has 0 aliphatic rings. The lowest BCUT2D eigenvalue weighted by Crippen LogP contribution is -2.21. The van der Waals surface area contributed by atoms with Gasteiger partial charge in [0.25, 0.3) is 0 Å². The van der Waals surface area contributed by atoms with E-state index in [1.807, 2.05) is 32.0 Å². The summed E-state index contributed by atoms with van der Waals surface area (Å²) in [5, 5.41) is 0.556. The first kappa shape index (κ1) is 11.5. The zero-order chi connectivity index (χ0) is 12.4. The number of aliphatic imine (C=N–C) groups is 1. The first-order valence-corrected chi connectivity index (χ1v) is 5.89. The molecule has 0 unspecified atom stereocenters. The topological polar surface area (TPSA) is 90.2 Å². The molecule has 0 atom stereocenters. The van der Waals surface area contributed by atoms with Crippen molar-refractivity contribution < 1.29 is 0 Å². The van der Waals surface area contributed by atoms with E-state index in [1.54, 1.807) is 0 Å². The SMILES string of the molecule is Cc1cccc(-c2sc(N=C(N)N)nc2C)n1. The van der Waals surface area contributed by atoms with E-state index < -0.39 is 0 Å². The van der Waals surface area contributed by atoms with Crippen LogP contribution in [0.3, 0.4) is 0 Å². The summed E-state index contributed by atoms with van der Waals surface area (Å²) in [6.45, 7) is 3.87. The fourth-order valence-electron chi connectivity index (χ4n) is 1.45. The molecule has 2 aromatic rings. The fourth-order valence-corrected chi connectivity index (χ4v) is 2.38. The fraction of sp³-hybridized carbons (Fsp3) is 0.182. The first-order chi connectivity index (χ1) is 8.06. The number of aryl methyl sites for hydroxylation is 2. The van der Waals surface area contributed by atoms with Gasteiger partial charge in [-0.1, -0.05) is 17.4 Å². The van der Waals surface area contributed by atoms with Crippen LogP contribution in [-0.4, -0.2) is 15.9 Å². The van der Waals surface area contributed by atoms with E-state index >= 15 is 0 Å². The molecule has 0 spiro atoms. The van der Waals surface area contributed by atoms with Gasteiger partial charge in [-0.2, -0.15) is 4.99 Å². The average molecular weight is 247 g/mol. The van der Waals surface area contributed by atoms with Crippen LogP contribution < -0.4 is 11.5 Å². The van der Waals surface area contributed by atoms with Gasteiger partial charge in [0.1, 0.15) is 0 Å². The van der Waals surface area contributed by atoms with Gasteiger partial charge in [0.2, 0.25) is 5.13 Å². The molecular formula is C11H13N5S. The van der Waals surface area contributed by atoms with Crippen molar-refractivity contribution >= 4 is 22.4 Å². The summed E-state index contributed by atoms with van der Waals surface area (Å²) >= 11 is 1.43. The van der Waals surface area contributed by atoms with Crippen molar-refractivity contribution in [2.24, 2.45) is 16.5 Å². The number of thiazole rings is 1. The summed E-state index contributed by atoms with van der Waals surface area (Å²) in [6, 6.07) is 5.88. The summed E-state index contributed by atoms with van der Waals surface area (Å²) in [7, 11) is 0. The van der Waals surface area contributed by atoms with E-state index in [9.17, 15) is 0 Å². The van der Waals surface area contributed by atoms with Gasteiger partial charge in [-0.05, 0) is 26.0 Å². The Hall–Kier alpha value is -1.95. The van der Waals surface area contributed by atoms with Gasteiger partial charge in [0.15, 0.2) is 5.96 Å². The highest BCUT2D eigenvalue weighted by Crippen LogP contribution is 2.32. The van der Waals surface area contributed by atoms with Gasteiger partial charge < -0.3 is 11.5 Å². The van der Waals surface area contributed by atoms with Gasteiger partial charge in [-0.3, -0.25) is 4.98 Å². The highest BCUT2D eigenvalue weighted by molar-refractivity contribution is 7.18. The molecule has 0 fully saturated rings. The second kappa shape index (κ2) is 4.50. The smallest absolute Gasteiger partial charge is 0.213 e. The third kappa shape index (κ3) is 2.59. The molecule has 17 heavy (non-hydrogen) atoms. The van der Waals surface area contributed by atoms with Crippen LogP contribution in [0.15, 0.2) is 23.2 Å². The number of aromatic nitrogens is 2. The van der Waals surface area contributed by atoms with E-state index in [0.29, 0.717) is 5.13 Å². The van der Waals surface area contributed by atoms with Gasteiger partial charge in [-0.15, -0.1) is 0 Å². The van der Waals surface area contributed by atoms with E-state index in [4.69, 9.17) is 11.5 Å². The highest BCUT2D eigenvalue weighted by Gasteiger charge is 2.10. The molecule has 5 nitrogen and oxygen atoms in total. The number of nitrogens with two attached hydrogens (primary N) is 2. The average Bonchev–Trinajstić information content (AvgIpc) is 2.58. The molecule has 0 saturated carbocycles. The molecule has 0 bridgehead atoms. The minimum Gasteiger partial charge on any atom is -0.370 e. The van der Waals surface area contributed by atoms with Gasteiger partial charge in [0.05, 0.1) is 16.3 Å². The molecule has 4 N–H and O–H groups in total. The second-order valence-corrected chi connectivity index (χ2v) is 4.59. The highest BCUT2D eigenvalue weighted by atomic mass is 32.1. The molecule has 2 aromatic heterocycles. The molecule has 2 rings (SSSR count). The van der Waals surface area contributed by atoms with Crippen LogP contribution in [0.2, 0.25) is 0 Å². The Morgan fingerprint density at radius 3 is 2.65 bits per heavy atom. The van der Waals surface area contributed by atoms with Crippen LogP contribution >= 0.6 is 11.3 Å². The molecule has 0 amide bonds. The molecule has 0 saturated heterocycles. The Bertz CT molecular complexity index is 569. The molecule has 88 valence electrons. The van der Waals surface area contributed by atoms with Crippen molar-refractivity contribution in [2.45, 2.75) is 13.8 Å². The predicted molar refractivity (Wildman–Crippen MR) is 70.3 cm³/mol. The lowest BCUT2D eigenvalue weighted by molar-refractivity contribution is 1.19. The molecule has 0 aliphatic carbocycles. The van der Waals surface area contributed by atoms with E-state index in [1.165, 1.54) is 11.3 Å². The van der Waals surface area contributed by atoms with Crippen molar-refractivity contribution in [3.63, 3.8) is 0 Å². The van der Waals surface area contributed by atoms with Crippen molar-refractivity contribution in [3.05, 3.63) is 29.6 Å². The number of pyridine rings is 1. The van der Waals surface area contributed by atoms with Crippen LogP contribution in [-0.2, 0) is 0 Å². The van der Waals surface area contributed by atoms with E-state index in [0.717, 1.165) is 22.0 Å². The van der Waals surface area contributed by atoms with Crippen LogP contribution in [0.5, 0.6) is 0 Å².